The van der Waals surface area contributed by atoms with E-state index in [0.29, 0.717) is 25.4 Å². The Bertz CT molecular complexity index is 385. The number of nitrogens with one attached hydrogen (secondary N) is 2. The molecular weight excluding hydrogens is 231 g/mol. The highest BCUT2D eigenvalue weighted by Crippen LogP contribution is 2.06. The van der Waals surface area contributed by atoms with Crippen molar-refractivity contribution in [1.82, 2.24) is 10.6 Å². The smallest absolute Gasteiger partial charge is 0.220 e. The van der Waals surface area contributed by atoms with Crippen molar-refractivity contribution in [3.8, 4) is 0 Å². The monoisotopic (exact) mass is 250 g/mol. The van der Waals surface area contributed by atoms with Gasteiger partial charge in [0.1, 0.15) is 5.82 Å². The molecule has 1 unspecified atom stereocenters. The minimum Gasteiger partial charge on any atom is -0.355 e. The average molecular weight is 250 g/mol. The minimum absolute atomic E-state index is 0.0630. The first kappa shape index (κ1) is 13.0. The molecule has 4 heteroatoms. The number of carbonyl (C=O) groups excluding carboxylic acids is 1. The Balaban J connectivity index is 1.66. The number of amides is 1. The van der Waals surface area contributed by atoms with Crippen molar-refractivity contribution in [3.05, 3.63) is 35.6 Å². The Hall–Kier alpha value is -1.42. The van der Waals surface area contributed by atoms with Gasteiger partial charge < -0.3 is 10.6 Å². The third-order valence-corrected chi connectivity index (χ3v) is 3.26. The highest BCUT2D eigenvalue weighted by Gasteiger charge is 2.14. The molecule has 1 aliphatic rings. The quantitative estimate of drug-likeness (QED) is 0.834. The number of hydrogen-bond donors (Lipinski definition) is 2. The molecule has 0 aromatic heterocycles. The molecule has 1 atom stereocenters. The summed E-state index contributed by atoms with van der Waals surface area (Å²) in [4.78, 5) is 11.6. The highest BCUT2D eigenvalue weighted by molar-refractivity contribution is 5.76. The SMILES string of the molecule is O=C(CCc1ccc(F)cc1)NCC1CCCN1. The van der Waals surface area contributed by atoms with Crippen LogP contribution in [-0.4, -0.2) is 25.0 Å². The third kappa shape index (κ3) is 4.11. The number of carbonyl (C=O) groups is 1. The standard InChI is InChI=1S/C14H19FN2O/c15-12-6-3-11(4-7-12)5-8-14(18)17-10-13-2-1-9-16-13/h3-4,6-7,13,16H,1-2,5,8-10H2,(H,17,18). The third-order valence-electron chi connectivity index (χ3n) is 3.26. The lowest BCUT2D eigenvalue weighted by molar-refractivity contribution is -0.121. The van der Waals surface area contributed by atoms with Crippen LogP contribution in [0, 0.1) is 5.82 Å². The fraction of sp³-hybridized carbons (Fsp3) is 0.500. The van der Waals surface area contributed by atoms with E-state index in [9.17, 15) is 9.18 Å². The molecule has 0 spiro atoms. The number of halogens is 1. The van der Waals surface area contributed by atoms with Crippen LogP contribution >= 0.6 is 0 Å². The van der Waals surface area contributed by atoms with Gasteiger partial charge in [-0.2, -0.15) is 0 Å². The molecule has 1 saturated heterocycles. The number of aryl methyl sites for hydroxylation is 1. The summed E-state index contributed by atoms with van der Waals surface area (Å²) in [6, 6.07) is 6.73. The van der Waals surface area contributed by atoms with Crippen molar-refractivity contribution < 1.29 is 9.18 Å². The van der Waals surface area contributed by atoms with E-state index >= 15 is 0 Å². The lowest BCUT2D eigenvalue weighted by Gasteiger charge is -2.11. The molecule has 1 fully saturated rings. The molecule has 2 N–H and O–H groups in total. The second-order valence-electron chi connectivity index (χ2n) is 4.72. The van der Waals surface area contributed by atoms with Crippen LogP contribution < -0.4 is 10.6 Å². The van der Waals surface area contributed by atoms with Crippen LogP contribution in [0.2, 0.25) is 0 Å². The summed E-state index contributed by atoms with van der Waals surface area (Å²) < 4.78 is 12.7. The lowest BCUT2D eigenvalue weighted by atomic mass is 10.1. The van der Waals surface area contributed by atoms with Gasteiger partial charge in [-0.05, 0) is 43.5 Å². The van der Waals surface area contributed by atoms with Crippen LogP contribution in [0.4, 0.5) is 4.39 Å². The number of benzene rings is 1. The zero-order valence-electron chi connectivity index (χ0n) is 10.4. The van der Waals surface area contributed by atoms with Crippen LogP contribution in [0.5, 0.6) is 0 Å². The molecule has 0 radical (unpaired) electrons. The van der Waals surface area contributed by atoms with Gasteiger partial charge in [-0.25, -0.2) is 4.39 Å². The van der Waals surface area contributed by atoms with E-state index in [1.165, 1.54) is 18.6 Å². The van der Waals surface area contributed by atoms with Crippen LogP contribution in [-0.2, 0) is 11.2 Å². The zero-order valence-corrected chi connectivity index (χ0v) is 10.4. The first-order valence-electron chi connectivity index (χ1n) is 6.48. The molecule has 18 heavy (non-hydrogen) atoms. The summed E-state index contributed by atoms with van der Waals surface area (Å²) in [5.74, 6) is -0.177. The predicted octanol–water partition coefficient (Wildman–Crippen LogP) is 1.63. The van der Waals surface area contributed by atoms with Crippen molar-refractivity contribution in [3.63, 3.8) is 0 Å². The van der Waals surface area contributed by atoms with Gasteiger partial charge in [0, 0.05) is 19.0 Å². The Labute approximate surface area is 107 Å². The van der Waals surface area contributed by atoms with Gasteiger partial charge in [-0.1, -0.05) is 12.1 Å². The Morgan fingerprint density at radius 3 is 2.83 bits per heavy atom. The first-order valence-corrected chi connectivity index (χ1v) is 6.48. The first-order chi connectivity index (χ1) is 8.74. The van der Waals surface area contributed by atoms with Crippen molar-refractivity contribution >= 4 is 5.91 Å². The molecule has 1 aromatic rings. The van der Waals surface area contributed by atoms with Crippen molar-refractivity contribution in [1.29, 1.82) is 0 Å². The van der Waals surface area contributed by atoms with Gasteiger partial charge in [-0.15, -0.1) is 0 Å². The Morgan fingerprint density at radius 2 is 2.17 bits per heavy atom. The van der Waals surface area contributed by atoms with Gasteiger partial charge in [0.15, 0.2) is 0 Å². The van der Waals surface area contributed by atoms with Crippen molar-refractivity contribution in [2.24, 2.45) is 0 Å². The van der Waals surface area contributed by atoms with Crippen LogP contribution in [0.3, 0.4) is 0 Å². The minimum atomic E-state index is -0.240. The summed E-state index contributed by atoms with van der Waals surface area (Å²) in [6.07, 6.45) is 3.44. The number of rotatable bonds is 5. The molecule has 0 aliphatic carbocycles. The Morgan fingerprint density at radius 1 is 1.39 bits per heavy atom. The van der Waals surface area contributed by atoms with Gasteiger partial charge >= 0.3 is 0 Å². The van der Waals surface area contributed by atoms with E-state index < -0.39 is 0 Å². The maximum Gasteiger partial charge on any atom is 0.220 e. The molecular formula is C14H19FN2O. The van der Waals surface area contributed by atoms with Gasteiger partial charge in [0.25, 0.3) is 0 Å². The summed E-state index contributed by atoms with van der Waals surface area (Å²) >= 11 is 0. The second-order valence-corrected chi connectivity index (χ2v) is 4.72. The van der Waals surface area contributed by atoms with Crippen molar-refractivity contribution in [2.75, 3.05) is 13.1 Å². The van der Waals surface area contributed by atoms with Gasteiger partial charge in [0.2, 0.25) is 5.91 Å². The molecule has 3 nitrogen and oxygen atoms in total. The molecule has 2 rings (SSSR count). The molecule has 1 aromatic carbocycles. The average Bonchev–Trinajstić information content (AvgIpc) is 2.89. The topological polar surface area (TPSA) is 41.1 Å². The lowest BCUT2D eigenvalue weighted by Crippen LogP contribution is -2.37. The summed E-state index contributed by atoms with van der Waals surface area (Å²) in [5, 5.41) is 6.27. The molecule has 98 valence electrons. The van der Waals surface area contributed by atoms with E-state index in [-0.39, 0.29) is 11.7 Å². The predicted molar refractivity (Wildman–Crippen MR) is 68.8 cm³/mol. The van der Waals surface area contributed by atoms with E-state index in [4.69, 9.17) is 0 Å². The van der Waals surface area contributed by atoms with Crippen LogP contribution in [0.25, 0.3) is 0 Å². The molecule has 1 amide bonds. The molecule has 1 aliphatic heterocycles. The maximum atomic E-state index is 12.7. The van der Waals surface area contributed by atoms with Crippen molar-refractivity contribution in [2.45, 2.75) is 31.7 Å². The largest absolute Gasteiger partial charge is 0.355 e. The van der Waals surface area contributed by atoms with Gasteiger partial charge in [-0.3, -0.25) is 4.79 Å². The molecule has 1 heterocycles. The molecule has 0 saturated carbocycles. The second kappa shape index (κ2) is 6.50. The summed E-state index contributed by atoms with van der Waals surface area (Å²) in [5.41, 5.74) is 0.991. The molecule has 0 bridgehead atoms. The summed E-state index contributed by atoms with van der Waals surface area (Å²) in [6.45, 7) is 1.76. The van der Waals surface area contributed by atoms with E-state index in [1.54, 1.807) is 12.1 Å². The zero-order chi connectivity index (χ0) is 12.8. The van der Waals surface area contributed by atoms with E-state index in [0.717, 1.165) is 18.5 Å². The van der Waals surface area contributed by atoms with Crippen LogP contribution in [0.1, 0.15) is 24.8 Å². The number of hydrogen-bond acceptors (Lipinski definition) is 2. The summed E-state index contributed by atoms with van der Waals surface area (Å²) in [7, 11) is 0. The fourth-order valence-corrected chi connectivity index (χ4v) is 2.17. The highest BCUT2D eigenvalue weighted by atomic mass is 19.1. The Kier molecular flexibility index (Phi) is 4.70. The van der Waals surface area contributed by atoms with Gasteiger partial charge in [0.05, 0.1) is 0 Å². The maximum absolute atomic E-state index is 12.7. The normalized spacial score (nSPS) is 18.8. The van der Waals surface area contributed by atoms with Crippen LogP contribution in [0.15, 0.2) is 24.3 Å². The van der Waals surface area contributed by atoms with E-state index in [1.807, 2.05) is 0 Å². The van der Waals surface area contributed by atoms with E-state index in [2.05, 4.69) is 10.6 Å². The fourth-order valence-electron chi connectivity index (χ4n) is 2.17.